The van der Waals surface area contributed by atoms with Gasteiger partial charge in [-0.2, -0.15) is 0 Å². The van der Waals surface area contributed by atoms with Crippen LogP contribution in [-0.4, -0.2) is 52.6 Å². The molecule has 2 aliphatic rings. The Balaban J connectivity index is 1.86. The van der Waals surface area contributed by atoms with E-state index in [0.717, 1.165) is 4.90 Å². The summed E-state index contributed by atoms with van der Waals surface area (Å²) < 4.78 is 20.0. The number of rotatable bonds is 5. The molecule has 0 bridgehead atoms. The van der Waals surface area contributed by atoms with Crippen molar-refractivity contribution in [2.45, 2.75) is 32.4 Å². The zero-order valence-electron chi connectivity index (χ0n) is 18.1. The van der Waals surface area contributed by atoms with Gasteiger partial charge >= 0.3 is 5.97 Å². The number of carbonyl (C=O) groups excluding carboxylic acids is 2. The van der Waals surface area contributed by atoms with Gasteiger partial charge in [0.05, 0.1) is 17.7 Å². The summed E-state index contributed by atoms with van der Waals surface area (Å²) in [6.45, 7) is 2.73. The van der Waals surface area contributed by atoms with E-state index in [1.54, 1.807) is 0 Å². The van der Waals surface area contributed by atoms with Crippen molar-refractivity contribution in [3.05, 3.63) is 56.1 Å². The van der Waals surface area contributed by atoms with Crippen molar-refractivity contribution in [3.63, 3.8) is 0 Å². The number of nitrogens with zero attached hydrogens (tertiary/aromatic N) is 3. The van der Waals surface area contributed by atoms with Gasteiger partial charge in [0.1, 0.15) is 23.7 Å². The van der Waals surface area contributed by atoms with Crippen molar-refractivity contribution in [1.82, 2.24) is 9.47 Å². The van der Waals surface area contributed by atoms with E-state index in [2.05, 4.69) is 0 Å². The fourth-order valence-electron chi connectivity index (χ4n) is 4.46. The average Bonchev–Trinajstić information content (AvgIpc) is 2.94. The lowest BCUT2D eigenvalue weighted by Gasteiger charge is -2.32. The van der Waals surface area contributed by atoms with Crippen molar-refractivity contribution >= 4 is 35.2 Å². The molecule has 0 unspecified atom stereocenters. The van der Waals surface area contributed by atoms with Gasteiger partial charge in [-0.3, -0.25) is 28.6 Å². The van der Waals surface area contributed by atoms with E-state index in [0.29, 0.717) is 11.1 Å². The second-order valence-corrected chi connectivity index (χ2v) is 8.83. The Morgan fingerprint density at radius 2 is 1.97 bits per heavy atom. The maximum Gasteiger partial charge on any atom is 0.323 e. The summed E-state index contributed by atoms with van der Waals surface area (Å²) in [4.78, 5) is 53.8. The highest BCUT2D eigenvalue weighted by Crippen LogP contribution is 2.41. The highest BCUT2D eigenvalue weighted by atomic mass is 35.5. The van der Waals surface area contributed by atoms with Crippen LogP contribution in [0.4, 0.5) is 10.2 Å². The predicted molar refractivity (Wildman–Crippen MR) is 116 cm³/mol. The van der Waals surface area contributed by atoms with Crippen LogP contribution in [0.25, 0.3) is 0 Å². The van der Waals surface area contributed by atoms with Gasteiger partial charge in [-0.15, -0.1) is 0 Å². The number of aromatic nitrogens is 1. The van der Waals surface area contributed by atoms with Crippen LogP contribution in [-0.2, 0) is 28.1 Å². The highest BCUT2D eigenvalue weighted by Gasteiger charge is 2.49. The number of amides is 2. The standard InChI is InChI=1S/C22H21ClFN3O6/c1-22(2)21(32)26(10-15(28)29)18-12-6-7-25(9-11-4-5-14(24)13(23)8-11)19(30)16(12)17(33-3)20(31)27(18)22/h4-5,8H,6-7,9-10H2,1-3H3,(H,28,29). The second kappa shape index (κ2) is 7.87. The summed E-state index contributed by atoms with van der Waals surface area (Å²) >= 11 is 5.85. The molecule has 1 aromatic carbocycles. The van der Waals surface area contributed by atoms with Crippen LogP contribution in [0.2, 0.25) is 5.02 Å². The Bertz CT molecular complexity index is 1270. The number of anilines is 1. The summed E-state index contributed by atoms with van der Waals surface area (Å²) in [5.74, 6) is -3.01. The van der Waals surface area contributed by atoms with E-state index < -0.39 is 41.2 Å². The molecule has 2 amide bonds. The molecule has 0 radical (unpaired) electrons. The summed E-state index contributed by atoms with van der Waals surface area (Å²) in [5.41, 5.74) is -1.08. The smallest absolute Gasteiger partial charge is 0.323 e. The first-order valence-electron chi connectivity index (χ1n) is 10.1. The first-order chi connectivity index (χ1) is 15.5. The van der Waals surface area contributed by atoms with Crippen molar-refractivity contribution in [1.29, 1.82) is 0 Å². The van der Waals surface area contributed by atoms with Crippen molar-refractivity contribution in [2.75, 3.05) is 25.1 Å². The molecule has 9 nitrogen and oxygen atoms in total. The molecular formula is C22H21ClFN3O6. The Morgan fingerprint density at radius 3 is 2.58 bits per heavy atom. The number of methoxy groups -OCH3 is 1. The van der Waals surface area contributed by atoms with Gasteiger partial charge < -0.3 is 14.7 Å². The number of aliphatic carboxylic acids is 1. The van der Waals surface area contributed by atoms with E-state index in [1.165, 1.54) is 48.6 Å². The lowest BCUT2D eigenvalue weighted by atomic mass is 9.97. The lowest BCUT2D eigenvalue weighted by molar-refractivity contribution is -0.137. The van der Waals surface area contributed by atoms with Crippen molar-refractivity contribution in [2.24, 2.45) is 0 Å². The minimum Gasteiger partial charge on any atom is -0.490 e. The molecule has 0 saturated carbocycles. The molecular weight excluding hydrogens is 457 g/mol. The fourth-order valence-corrected chi connectivity index (χ4v) is 4.67. The molecule has 1 aromatic heterocycles. The van der Waals surface area contributed by atoms with E-state index in [9.17, 15) is 28.7 Å². The summed E-state index contributed by atoms with van der Waals surface area (Å²) in [7, 11) is 1.26. The number of fused-ring (bicyclic) bond motifs is 3. The molecule has 2 aliphatic heterocycles. The normalized spacial score (nSPS) is 16.6. The largest absolute Gasteiger partial charge is 0.490 e. The molecule has 1 N–H and O–H groups in total. The number of hydrogen-bond acceptors (Lipinski definition) is 5. The fraction of sp³-hybridized carbons (Fsp3) is 0.364. The third kappa shape index (κ3) is 3.45. The molecule has 3 heterocycles. The number of carboxylic acids is 1. The molecule has 0 atom stereocenters. The molecule has 0 spiro atoms. The Hall–Kier alpha value is -3.40. The maximum atomic E-state index is 13.5. The van der Waals surface area contributed by atoms with Crippen LogP contribution >= 0.6 is 11.6 Å². The third-order valence-electron chi connectivity index (χ3n) is 5.98. The number of halogens is 2. The zero-order chi connectivity index (χ0) is 24.2. The number of benzene rings is 1. The molecule has 33 heavy (non-hydrogen) atoms. The maximum absolute atomic E-state index is 13.5. The lowest BCUT2D eigenvalue weighted by Crippen LogP contribution is -2.42. The van der Waals surface area contributed by atoms with Gasteiger partial charge in [0.2, 0.25) is 0 Å². The van der Waals surface area contributed by atoms with Crippen LogP contribution < -0.4 is 15.2 Å². The Labute approximate surface area is 192 Å². The van der Waals surface area contributed by atoms with Crippen LogP contribution in [0, 0.1) is 5.82 Å². The van der Waals surface area contributed by atoms with Gasteiger partial charge in [0, 0.05) is 18.7 Å². The van der Waals surface area contributed by atoms with Crippen molar-refractivity contribution < 1.29 is 28.6 Å². The predicted octanol–water partition coefficient (Wildman–Crippen LogP) is 2.01. The SMILES string of the molecule is COc1c2c(c3n(c1=O)C(C)(C)C(=O)N3CC(=O)O)CCN(Cc1ccc(F)c(Cl)c1)C2=O. The van der Waals surface area contributed by atoms with E-state index in [4.69, 9.17) is 16.3 Å². The molecule has 4 rings (SSSR count). The van der Waals surface area contributed by atoms with Gasteiger partial charge in [-0.1, -0.05) is 17.7 Å². The van der Waals surface area contributed by atoms with Gasteiger partial charge in [0.25, 0.3) is 17.4 Å². The summed E-state index contributed by atoms with van der Waals surface area (Å²) in [6.07, 6.45) is 0.251. The highest BCUT2D eigenvalue weighted by molar-refractivity contribution is 6.30. The molecule has 11 heteroatoms. The average molecular weight is 478 g/mol. The van der Waals surface area contributed by atoms with Gasteiger partial charge in [-0.05, 0) is 38.0 Å². The molecule has 0 saturated heterocycles. The number of carboxylic acid groups (broad SMARTS) is 1. The van der Waals surface area contributed by atoms with E-state index in [1.807, 2.05) is 0 Å². The van der Waals surface area contributed by atoms with Crippen molar-refractivity contribution in [3.8, 4) is 5.75 Å². The summed E-state index contributed by atoms with van der Waals surface area (Å²) in [6, 6.07) is 4.14. The second-order valence-electron chi connectivity index (χ2n) is 8.42. The molecule has 2 aromatic rings. The van der Waals surface area contributed by atoms with Gasteiger partial charge in [0.15, 0.2) is 5.75 Å². The van der Waals surface area contributed by atoms with Crippen LogP contribution in [0.1, 0.15) is 35.3 Å². The zero-order valence-corrected chi connectivity index (χ0v) is 18.9. The quantitative estimate of drug-likeness (QED) is 0.705. The number of carbonyl (C=O) groups is 3. The minimum atomic E-state index is -1.35. The summed E-state index contributed by atoms with van der Waals surface area (Å²) in [5, 5.41) is 9.27. The van der Waals surface area contributed by atoms with Crippen LogP contribution in [0.15, 0.2) is 23.0 Å². The molecule has 0 aliphatic carbocycles. The number of ether oxygens (including phenoxy) is 1. The monoisotopic (exact) mass is 477 g/mol. The first kappa shape index (κ1) is 22.8. The number of hydrogen-bond donors (Lipinski definition) is 1. The minimum absolute atomic E-state index is 0.00547. The third-order valence-corrected chi connectivity index (χ3v) is 6.27. The van der Waals surface area contributed by atoms with E-state index in [-0.39, 0.29) is 41.7 Å². The number of pyridine rings is 1. The van der Waals surface area contributed by atoms with Crippen LogP contribution in [0.3, 0.4) is 0 Å². The first-order valence-corrected chi connectivity index (χ1v) is 10.5. The van der Waals surface area contributed by atoms with Gasteiger partial charge in [-0.25, -0.2) is 4.39 Å². The topological polar surface area (TPSA) is 109 Å². The van der Waals surface area contributed by atoms with E-state index >= 15 is 0 Å². The molecule has 0 fully saturated rings. The molecule has 174 valence electrons. The Morgan fingerprint density at radius 1 is 1.27 bits per heavy atom. The Kier molecular flexibility index (Phi) is 5.44. The van der Waals surface area contributed by atoms with Crippen LogP contribution in [0.5, 0.6) is 5.75 Å².